The van der Waals surface area contributed by atoms with Gasteiger partial charge in [-0.1, -0.05) is 32.3 Å². The molecule has 16 heavy (non-hydrogen) atoms. The molecule has 2 saturated carbocycles. The molecule has 1 heteroatoms. The maximum atomic E-state index is 12.3. The van der Waals surface area contributed by atoms with Crippen molar-refractivity contribution in [1.29, 1.82) is 0 Å². The molecule has 2 aliphatic carbocycles. The summed E-state index contributed by atoms with van der Waals surface area (Å²) in [6, 6.07) is 0. The number of rotatable bonds is 2. The molecule has 0 radical (unpaired) electrons. The Morgan fingerprint density at radius 1 is 1.19 bits per heavy atom. The highest BCUT2D eigenvalue weighted by Gasteiger charge is 2.47. The number of ketones is 1. The molecule has 0 aromatic heterocycles. The minimum Gasteiger partial charge on any atom is -0.295 e. The van der Waals surface area contributed by atoms with Gasteiger partial charge in [-0.15, -0.1) is 0 Å². The third-order valence-corrected chi connectivity index (χ3v) is 4.80. The second-order valence-electron chi connectivity index (χ2n) is 5.82. The Kier molecular flexibility index (Phi) is 3.51. The van der Waals surface area contributed by atoms with Crippen molar-refractivity contribution in [1.82, 2.24) is 0 Å². The van der Waals surface area contributed by atoms with E-state index in [4.69, 9.17) is 0 Å². The highest BCUT2D eigenvalue weighted by Crippen LogP contribution is 2.54. The van der Waals surface area contributed by atoms with Crippen molar-refractivity contribution >= 4 is 5.78 Å². The van der Waals surface area contributed by atoms with Crippen LogP contribution in [0.15, 0.2) is 12.2 Å². The first-order valence-corrected chi connectivity index (χ1v) is 6.86. The Labute approximate surface area is 99.3 Å². The van der Waals surface area contributed by atoms with Gasteiger partial charge in [0, 0.05) is 5.92 Å². The van der Waals surface area contributed by atoms with Gasteiger partial charge >= 0.3 is 0 Å². The van der Waals surface area contributed by atoms with Crippen molar-refractivity contribution in [3.63, 3.8) is 0 Å². The molecule has 2 fully saturated rings. The molecule has 0 aromatic rings. The van der Waals surface area contributed by atoms with E-state index in [1.807, 2.05) is 19.1 Å². The summed E-state index contributed by atoms with van der Waals surface area (Å²) in [5, 5.41) is 0. The highest BCUT2D eigenvalue weighted by atomic mass is 16.1. The van der Waals surface area contributed by atoms with Crippen LogP contribution in [0, 0.1) is 17.3 Å². The number of hydrogen-bond donors (Lipinski definition) is 0. The van der Waals surface area contributed by atoms with Crippen molar-refractivity contribution in [3.05, 3.63) is 12.2 Å². The summed E-state index contributed by atoms with van der Waals surface area (Å²) in [6.07, 6.45) is 12.9. The van der Waals surface area contributed by atoms with Crippen LogP contribution in [0.25, 0.3) is 0 Å². The molecule has 1 nitrogen and oxygen atoms in total. The van der Waals surface area contributed by atoms with Crippen LogP contribution in [0.4, 0.5) is 0 Å². The van der Waals surface area contributed by atoms with Crippen LogP contribution >= 0.6 is 0 Å². The van der Waals surface area contributed by atoms with Crippen LogP contribution in [-0.2, 0) is 4.79 Å². The average molecular weight is 220 g/mol. The van der Waals surface area contributed by atoms with Crippen molar-refractivity contribution in [2.75, 3.05) is 0 Å². The second kappa shape index (κ2) is 4.73. The standard InChI is InChI=1S/C15H24O/c1-3-7-13(16)14-12(2)8-6-11-15(14)9-4-5-10-15/h3,7,12,14H,4-6,8-11H2,1-2H3/b7-3+. The Morgan fingerprint density at radius 3 is 2.44 bits per heavy atom. The third-order valence-electron chi connectivity index (χ3n) is 4.80. The summed E-state index contributed by atoms with van der Waals surface area (Å²) in [4.78, 5) is 12.3. The maximum Gasteiger partial charge on any atom is 0.159 e. The summed E-state index contributed by atoms with van der Waals surface area (Å²) in [6.45, 7) is 4.23. The lowest BCUT2D eigenvalue weighted by atomic mass is 9.59. The fraction of sp³-hybridized carbons (Fsp3) is 0.800. The minimum atomic E-state index is 0.319. The maximum absolute atomic E-state index is 12.3. The zero-order valence-electron chi connectivity index (χ0n) is 10.7. The van der Waals surface area contributed by atoms with E-state index < -0.39 is 0 Å². The Balaban J connectivity index is 2.24. The first kappa shape index (κ1) is 11.9. The lowest BCUT2D eigenvalue weighted by Gasteiger charge is -2.44. The molecule has 0 aliphatic heterocycles. The molecule has 0 amide bonds. The Hall–Kier alpha value is -0.590. The second-order valence-corrected chi connectivity index (χ2v) is 5.82. The molecular formula is C15H24O. The predicted molar refractivity (Wildman–Crippen MR) is 67.2 cm³/mol. The molecule has 0 heterocycles. The van der Waals surface area contributed by atoms with Crippen molar-refractivity contribution < 1.29 is 4.79 Å². The fourth-order valence-electron chi connectivity index (χ4n) is 4.19. The molecule has 2 aliphatic rings. The first-order valence-electron chi connectivity index (χ1n) is 6.86. The van der Waals surface area contributed by atoms with Gasteiger partial charge in [0.15, 0.2) is 5.78 Å². The molecular weight excluding hydrogens is 196 g/mol. The summed E-state index contributed by atoms with van der Waals surface area (Å²) < 4.78 is 0. The van der Waals surface area contributed by atoms with Crippen LogP contribution in [-0.4, -0.2) is 5.78 Å². The van der Waals surface area contributed by atoms with Crippen molar-refractivity contribution in [2.45, 2.75) is 58.8 Å². The zero-order valence-corrected chi connectivity index (χ0v) is 10.7. The van der Waals surface area contributed by atoms with E-state index in [2.05, 4.69) is 6.92 Å². The largest absolute Gasteiger partial charge is 0.295 e. The summed E-state index contributed by atoms with van der Waals surface area (Å²) in [5.41, 5.74) is 0.383. The smallest absolute Gasteiger partial charge is 0.159 e. The fourth-order valence-corrected chi connectivity index (χ4v) is 4.19. The van der Waals surface area contributed by atoms with E-state index in [0.29, 0.717) is 23.0 Å². The van der Waals surface area contributed by atoms with E-state index >= 15 is 0 Å². The Morgan fingerprint density at radius 2 is 1.81 bits per heavy atom. The van der Waals surface area contributed by atoms with Crippen LogP contribution in [0.1, 0.15) is 58.8 Å². The quantitative estimate of drug-likeness (QED) is 0.639. The van der Waals surface area contributed by atoms with Gasteiger partial charge < -0.3 is 0 Å². The van der Waals surface area contributed by atoms with Gasteiger partial charge in [0.25, 0.3) is 0 Å². The number of carbonyl (C=O) groups excluding carboxylic acids is 1. The SMILES string of the molecule is C/C=C/C(=O)C1C(C)CCCC12CCCC2. The third kappa shape index (κ3) is 1.97. The first-order chi connectivity index (χ1) is 7.69. The van der Waals surface area contributed by atoms with Crippen molar-refractivity contribution in [3.8, 4) is 0 Å². The van der Waals surface area contributed by atoms with Gasteiger partial charge in [0.2, 0.25) is 0 Å². The van der Waals surface area contributed by atoms with Gasteiger partial charge in [-0.3, -0.25) is 4.79 Å². The van der Waals surface area contributed by atoms with E-state index in [-0.39, 0.29) is 0 Å². The molecule has 1 spiro atoms. The molecule has 2 atom stereocenters. The number of carbonyl (C=O) groups is 1. The highest BCUT2D eigenvalue weighted by molar-refractivity contribution is 5.92. The van der Waals surface area contributed by atoms with Gasteiger partial charge in [-0.2, -0.15) is 0 Å². The van der Waals surface area contributed by atoms with Crippen molar-refractivity contribution in [2.24, 2.45) is 17.3 Å². The van der Waals surface area contributed by atoms with Crippen LogP contribution in [0.2, 0.25) is 0 Å². The number of hydrogen-bond acceptors (Lipinski definition) is 1. The van der Waals surface area contributed by atoms with Gasteiger partial charge in [0.05, 0.1) is 0 Å². The predicted octanol–water partition coefficient (Wildman–Crippen LogP) is 4.13. The summed E-state index contributed by atoms with van der Waals surface area (Å²) in [5.74, 6) is 1.31. The average Bonchev–Trinajstić information content (AvgIpc) is 2.67. The normalized spacial score (nSPS) is 33.6. The lowest BCUT2D eigenvalue weighted by Crippen LogP contribution is -2.40. The molecule has 2 rings (SSSR count). The topological polar surface area (TPSA) is 17.1 Å². The van der Waals surface area contributed by atoms with E-state index in [1.165, 1.54) is 44.9 Å². The lowest BCUT2D eigenvalue weighted by molar-refractivity contribution is -0.126. The van der Waals surface area contributed by atoms with Gasteiger partial charge in [0.1, 0.15) is 0 Å². The molecule has 0 N–H and O–H groups in total. The van der Waals surface area contributed by atoms with Crippen LogP contribution < -0.4 is 0 Å². The van der Waals surface area contributed by atoms with E-state index in [9.17, 15) is 4.79 Å². The Bertz CT molecular complexity index is 284. The number of allylic oxidation sites excluding steroid dienone is 2. The zero-order chi connectivity index (χ0) is 11.6. The molecule has 2 unspecified atom stereocenters. The van der Waals surface area contributed by atoms with Crippen LogP contribution in [0.5, 0.6) is 0 Å². The minimum absolute atomic E-state index is 0.319. The van der Waals surface area contributed by atoms with E-state index in [1.54, 1.807) is 0 Å². The van der Waals surface area contributed by atoms with Gasteiger partial charge in [-0.05, 0) is 50.0 Å². The molecule has 0 saturated heterocycles. The van der Waals surface area contributed by atoms with Crippen LogP contribution in [0.3, 0.4) is 0 Å². The van der Waals surface area contributed by atoms with Gasteiger partial charge in [-0.25, -0.2) is 0 Å². The van der Waals surface area contributed by atoms with E-state index in [0.717, 1.165) is 0 Å². The monoisotopic (exact) mass is 220 g/mol. The summed E-state index contributed by atoms with van der Waals surface area (Å²) >= 11 is 0. The summed E-state index contributed by atoms with van der Waals surface area (Å²) in [7, 11) is 0. The molecule has 0 aromatic carbocycles. The molecule has 90 valence electrons. The molecule has 0 bridgehead atoms.